The average Bonchev–Trinajstić information content (AvgIpc) is 2.89. The molecule has 1 aromatic carbocycles. The fraction of sp³-hybridized carbons (Fsp3) is 0.562. The van der Waals surface area contributed by atoms with Gasteiger partial charge in [0.05, 0.1) is 0 Å². The summed E-state index contributed by atoms with van der Waals surface area (Å²) in [5.41, 5.74) is 1.85. The molecule has 1 saturated heterocycles. The first kappa shape index (κ1) is 13.6. The highest BCUT2D eigenvalue weighted by atomic mass is 19.1. The molecule has 0 saturated carbocycles. The molecular weight excluding hydrogens is 255 g/mol. The van der Waals surface area contributed by atoms with Crippen molar-refractivity contribution in [1.82, 2.24) is 5.32 Å². The molecule has 0 radical (unpaired) electrons. The van der Waals surface area contributed by atoms with Crippen LogP contribution in [-0.2, 0) is 11.2 Å². The second kappa shape index (κ2) is 5.92. The highest BCUT2D eigenvalue weighted by molar-refractivity contribution is 5.95. The van der Waals surface area contributed by atoms with Crippen LogP contribution in [0.1, 0.15) is 37.7 Å². The van der Waals surface area contributed by atoms with E-state index in [1.165, 1.54) is 31.4 Å². The van der Waals surface area contributed by atoms with Gasteiger partial charge in [0.15, 0.2) is 0 Å². The Morgan fingerprint density at radius 1 is 1.40 bits per heavy atom. The Balaban J connectivity index is 1.60. The minimum Gasteiger partial charge on any atom is -0.314 e. The van der Waals surface area contributed by atoms with Gasteiger partial charge >= 0.3 is 0 Å². The number of anilines is 1. The van der Waals surface area contributed by atoms with Gasteiger partial charge in [0.25, 0.3) is 0 Å². The predicted molar refractivity (Wildman–Crippen MR) is 77.3 cm³/mol. The van der Waals surface area contributed by atoms with E-state index in [0.29, 0.717) is 19.0 Å². The summed E-state index contributed by atoms with van der Waals surface area (Å²) in [4.78, 5) is 14.1. The van der Waals surface area contributed by atoms with Crippen molar-refractivity contribution in [3.05, 3.63) is 29.6 Å². The zero-order chi connectivity index (χ0) is 13.9. The van der Waals surface area contributed by atoms with Crippen LogP contribution in [0, 0.1) is 5.82 Å². The van der Waals surface area contributed by atoms with E-state index in [1.54, 1.807) is 11.0 Å². The van der Waals surface area contributed by atoms with Crippen LogP contribution in [0.5, 0.6) is 0 Å². The molecule has 1 fully saturated rings. The van der Waals surface area contributed by atoms with Gasteiger partial charge in [-0.25, -0.2) is 4.39 Å². The predicted octanol–water partition coefficient (Wildman–Crippen LogP) is 2.64. The van der Waals surface area contributed by atoms with Gasteiger partial charge in [0.2, 0.25) is 5.91 Å². The monoisotopic (exact) mass is 276 g/mol. The smallest absolute Gasteiger partial charge is 0.227 e. The Hall–Kier alpha value is -1.42. The third-order valence-electron chi connectivity index (χ3n) is 4.36. The number of halogens is 1. The SMILES string of the molecule is O=C(CCC1CCCCN1)N1CCc2ccc(F)cc21. The van der Waals surface area contributed by atoms with Crippen LogP contribution in [0.3, 0.4) is 0 Å². The Bertz CT molecular complexity index is 497. The third kappa shape index (κ3) is 2.85. The standard InChI is InChI=1S/C16H21FN2O/c17-13-5-4-12-8-10-19(15(12)11-13)16(20)7-6-14-3-1-2-9-18-14/h4-5,11,14,18H,1-3,6-10H2. The lowest BCUT2D eigenvalue weighted by Crippen LogP contribution is -2.36. The lowest BCUT2D eigenvalue weighted by atomic mass is 10.0. The summed E-state index contributed by atoms with van der Waals surface area (Å²) in [6.07, 6.45) is 5.93. The van der Waals surface area contributed by atoms with E-state index in [2.05, 4.69) is 5.32 Å². The molecule has 0 bridgehead atoms. The maximum Gasteiger partial charge on any atom is 0.227 e. The molecule has 1 amide bonds. The Morgan fingerprint density at radius 2 is 2.30 bits per heavy atom. The van der Waals surface area contributed by atoms with Gasteiger partial charge in [-0.15, -0.1) is 0 Å². The number of carbonyl (C=O) groups excluding carboxylic acids is 1. The zero-order valence-electron chi connectivity index (χ0n) is 11.7. The lowest BCUT2D eigenvalue weighted by molar-refractivity contribution is -0.118. The maximum atomic E-state index is 13.3. The lowest BCUT2D eigenvalue weighted by Gasteiger charge is -2.24. The van der Waals surface area contributed by atoms with E-state index >= 15 is 0 Å². The van der Waals surface area contributed by atoms with Crippen molar-refractivity contribution in [1.29, 1.82) is 0 Å². The van der Waals surface area contributed by atoms with Crippen LogP contribution in [0.2, 0.25) is 0 Å². The quantitative estimate of drug-likeness (QED) is 0.920. The van der Waals surface area contributed by atoms with Crippen molar-refractivity contribution in [2.75, 3.05) is 18.0 Å². The number of hydrogen-bond donors (Lipinski definition) is 1. The number of piperidine rings is 1. The van der Waals surface area contributed by atoms with Gasteiger partial charge in [0, 0.05) is 24.7 Å². The van der Waals surface area contributed by atoms with Gasteiger partial charge in [0.1, 0.15) is 5.82 Å². The second-order valence-electron chi connectivity index (χ2n) is 5.75. The van der Waals surface area contributed by atoms with Crippen molar-refractivity contribution in [3.63, 3.8) is 0 Å². The molecule has 1 N–H and O–H groups in total. The van der Waals surface area contributed by atoms with E-state index in [9.17, 15) is 9.18 Å². The maximum absolute atomic E-state index is 13.3. The van der Waals surface area contributed by atoms with Crippen LogP contribution in [0.25, 0.3) is 0 Å². The first-order valence-corrected chi connectivity index (χ1v) is 7.56. The van der Waals surface area contributed by atoms with E-state index in [-0.39, 0.29) is 11.7 Å². The van der Waals surface area contributed by atoms with E-state index in [0.717, 1.165) is 30.6 Å². The van der Waals surface area contributed by atoms with Crippen molar-refractivity contribution in [2.45, 2.75) is 44.6 Å². The summed E-state index contributed by atoms with van der Waals surface area (Å²) in [5, 5.41) is 3.46. The van der Waals surface area contributed by atoms with Gasteiger partial charge in [-0.3, -0.25) is 4.79 Å². The highest BCUT2D eigenvalue weighted by Gasteiger charge is 2.25. The van der Waals surface area contributed by atoms with Crippen LogP contribution < -0.4 is 10.2 Å². The molecule has 4 heteroatoms. The highest BCUT2D eigenvalue weighted by Crippen LogP contribution is 2.29. The van der Waals surface area contributed by atoms with E-state index in [1.807, 2.05) is 0 Å². The molecule has 20 heavy (non-hydrogen) atoms. The number of hydrogen-bond acceptors (Lipinski definition) is 2. The zero-order valence-corrected chi connectivity index (χ0v) is 11.7. The van der Waals surface area contributed by atoms with Crippen molar-refractivity contribution >= 4 is 11.6 Å². The third-order valence-corrected chi connectivity index (χ3v) is 4.36. The molecule has 2 heterocycles. The molecule has 1 aromatic rings. The number of amides is 1. The number of nitrogens with one attached hydrogen (secondary N) is 1. The fourth-order valence-electron chi connectivity index (χ4n) is 3.21. The molecule has 3 nitrogen and oxygen atoms in total. The van der Waals surface area contributed by atoms with Crippen LogP contribution in [0.4, 0.5) is 10.1 Å². The first-order valence-electron chi connectivity index (χ1n) is 7.56. The summed E-state index contributed by atoms with van der Waals surface area (Å²) in [6, 6.07) is 5.22. The molecule has 1 unspecified atom stereocenters. The minimum absolute atomic E-state index is 0.127. The summed E-state index contributed by atoms with van der Waals surface area (Å²) >= 11 is 0. The molecule has 108 valence electrons. The topological polar surface area (TPSA) is 32.3 Å². The number of nitrogens with zero attached hydrogens (tertiary/aromatic N) is 1. The minimum atomic E-state index is -0.266. The van der Waals surface area contributed by atoms with Crippen LogP contribution in [0.15, 0.2) is 18.2 Å². The van der Waals surface area contributed by atoms with Gasteiger partial charge in [-0.1, -0.05) is 12.5 Å². The second-order valence-corrected chi connectivity index (χ2v) is 5.75. The van der Waals surface area contributed by atoms with Gasteiger partial charge in [-0.05, 0) is 49.9 Å². The molecular formula is C16H21FN2O. The van der Waals surface area contributed by atoms with Gasteiger partial charge in [-0.2, -0.15) is 0 Å². The molecule has 2 aliphatic heterocycles. The summed E-state index contributed by atoms with van der Waals surface area (Å²) in [5.74, 6) is -0.140. The van der Waals surface area contributed by atoms with Crippen LogP contribution >= 0.6 is 0 Å². The number of carbonyl (C=O) groups is 1. The molecule has 0 aromatic heterocycles. The van der Waals surface area contributed by atoms with E-state index in [4.69, 9.17) is 0 Å². The molecule has 0 aliphatic carbocycles. The Labute approximate surface area is 119 Å². The summed E-state index contributed by atoms with van der Waals surface area (Å²) < 4.78 is 13.3. The molecule has 2 aliphatic rings. The molecule has 3 rings (SSSR count). The Morgan fingerprint density at radius 3 is 3.10 bits per heavy atom. The molecule has 1 atom stereocenters. The van der Waals surface area contributed by atoms with Crippen molar-refractivity contribution in [2.24, 2.45) is 0 Å². The average molecular weight is 276 g/mol. The Kier molecular flexibility index (Phi) is 4.01. The van der Waals surface area contributed by atoms with Crippen LogP contribution in [-0.4, -0.2) is 25.0 Å². The van der Waals surface area contributed by atoms with E-state index < -0.39 is 0 Å². The van der Waals surface area contributed by atoms with Crippen molar-refractivity contribution in [3.8, 4) is 0 Å². The molecule has 0 spiro atoms. The van der Waals surface area contributed by atoms with Gasteiger partial charge < -0.3 is 10.2 Å². The first-order chi connectivity index (χ1) is 9.74. The number of rotatable bonds is 3. The summed E-state index contributed by atoms with van der Waals surface area (Å²) in [6.45, 7) is 1.76. The largest absolute Gasteiger partial charge is 0.314 e. The number of benzene rings is 1. The fourth-order valence-corrected chi connectivity index (χ4v) is 3.21. The normalized spacial score (nSPS) is 21.9. The number of fused-ring (bicyclic) bond motifs is 1. The van der Waals surface area contributed by atoms with Crippen molar-refractivity contribution < 1.29 is 9.18 Å². The summed E-state index contributed by atoms with van der Waals surface area (Å²) in [7, 11) is 0.